The van der Waals surface area contributed by atoms with E-state index in [0.29, 0.717) is 22.1 Å². The van der Waals surface area contributed by atoms with Gasteiger partial charge in [-0.15, -0.1) is 11.3 Å². The Balaban J connectivity index is 1.57. The van der Waals surface area contributed by atoms with Crippen molar-refractivity contribution in [1.29, 1.82) is 0 Å². The molecule has 0 saturated heterocycles. The summed E-state index contributed by atoms with van der Waals surface area (Å²) in [5.41, 5.74) is 2.82. The molecule has 29 heavy (non-hydrogen) atoms. The Kier molecular flexibility index (Phi) is 6.36. The van der Waals surface area contributed by atoms with Gasteiger partial charge in [0.25, 0.3) is 5.91 Å². The smallest absolute Gasteiger partial charge is 0.264 e. The van der Waals surface area contributed by atoms with E-state index in [1.54, 1.807) is 36.4 Å². The van der Waals surface area contributed by atoms with Crippen LogP contribution in [0.2, 0.25) is 0 Å². The Bertz CT molecular complexity index is 1040. The van der Waals surface area contributed by atoms with E-state index in [1.807, 2.05) is 17.5 Å². The zero-order chi connectivity index (χ0) is 20.8. The highest BCUT2D eigenvalue weighted by Crippen LogP contribution is 2.26. The van der Waals surface area contributed by atoms with Gasteiger partial charge in [0, 0.05) is 29.1 Å². The molecule has 3 rings (SSSR count). The molecule has 2 N–H and O–H groups in total. The summed E-state index contributed by atoms with van der Waals surface area (Å²) >= 11 is 1.30. The minimum Gasteiger partial charge on any atom is -0.484 e. The highest BCUT2D eigenvalue weighted by molar-refractivity contribution is 7.14. The van der Waals surface area contributed by atoms with Crippen LogP contribution in [0.25, 0.3) is 11.3 Å². The Morgan fingerprint density at radius 2 is 1.79 bits per heavy atom. The average molecular weight is 409 g/mol. The largest absolute Gasteiger partial charge is 0.484 e. The number of aromatic nitrogens is 1. The number of ketones is 1. The SMILES string of the molecule is CC(=O)Nc1ccc(-c2csc(NC(=O)COc3cccc(C(C)=O)c3)n2)cc1. The highest BCUT2D eigenvalue weighted by atomic mass is 32.1. The number of hydrogen-bond donors (Lipinski definition) is 2. The maximum Gasteiger partial charge on any atom is 0.264 e. The van der Waals surface area contributed by atoms with Gasteiger partial charge in [-0.1, -0.05) is 24.3 Å². The molecule has 0 unspecified atom stereocenters. The molecule has 0 atom stereocenters. The number of anilines is 2. The van der Waals surface area contributed by atoms with Gasteiger partial charge in [0.2, 0.25) is 5.91 Å². The molecule has 0 aliphatic carbocycles. The highest BCUT2D eigenvalue weighted by Gasteiger charge is 2.10. The van der Waals surface area contributed by atoms with E-state index in [2.05, 4.69) is 15.6 Å². The molecular formula is C21H19N3O4S. The summed E-state index contributed by atoms with van der Waals surface area (Å²) in [6, 6.07) is 13.9. The Hall–Kier alpha value is -3.52. The summed E-state index contributed by atoms with van der Waals surface area (Å²) in [5.74, 6) is -0.0981. The summed E-state index contributed by atoms with van der Waals surface area (Å²) in [4.78, 5) is 39.0. The van der Waals surface area contributed by atoms with Crippen LogP contribution in [0.3, 0.4) is 0 Å². The fourth-order valence-corrected chi connectivity index (χ4v) is 3.24. The third-order valence-corrected chi connectivity index (χ3v) is 4.62. The van der Waals surface area contributed by atoms with Crippen molar-refractivity contribution in [3.63, 3.8) is 0 Å². The number of Topliss-reactive ketones (excluding diaryl/α,β-unsaturated/α-hetero) is 1. The van der Waals surface area contributed by atoms with Crippen LogP contribution in [0.4, 0.5) is 10.8 Å². The van der Waals surface area contributed by atoms with Gasteiger partial charge < -0.3 is 10.1 Å². The van der Waals surface area contributed by atoms with E-state index >= 15 is 0 Å². The number of carbonyl (C=O) groups excluding carboxylic acids is 3. The lowest BCUT2D eigenvalue weighted by atomic mass is 10.1. The molecule has 1 heterocycles. The molecule has 0 aliphatic heterocycles. The molecule has 7 nitrogen and oxygen atoms in total. The first-order chi connectivity index (χ1) is 13.9. The number of nitrogens with one attached hydrogen (secondary N) is 2. The summed E-state index contributed by atoms with van der Waals surface area (Å²) in [6.07, 6.45) is 0. The van der Waals surface area contributed by atoms with E-state index in [1.165, 1.54) is 25.2 Å². The van der Waals surface area contributed by atoms with Crippen molar-refractivity contribution in [3.05, 3.63) is 59.5 Å². The second kappa shape index (κ2) is 9.11. The Morgan fingerprint density at radius 3 is 2.48 bits per heavy atom. The number of nitrogens with zero attached hydrogens (tertiary/aromatic N) is 1. The van der Waals surface area contributed by atoms with Crippen LogP contribution in [0.15, 0.2) is 53.9 Å². The number of rotatable bonds is 7. The normalized spacial score (nSPS) is 10.3. The van der Waals surface area contributed by atoms with Crippen molar-refractivity contribution < 1.29 is 19.1 Å². The van der Waals surface area contributed by atoms with Crippen LogP contribution in [0, 0.1) is 0 Å². The average Bonchev–Trinajstić information content (AvgIpc) is 3.15. The molecule has 0 spiro atoms. The zero-order valence-corrected chi connectivity index (χ0v) is 16.7. The fourth-order valence-electron chi connectivity index (χ4n) is 2.50. The maximum atomic E-state index is 12.1. The van der Waals surface area contributed by atoms with Crippen molar-refractivity contribution in [2.45, 2.75) is 13.8 Å². The molecule has 0 radical (unpaired) electrons. The summed E-state index contributed by atoms with van der Waals surface area (Å²) in [7, 11) is 0. The number of carbonyl (C=O) groups is 3. The Labute approximate surface area is 171 Å². The second-order valence-corrected chi connectivity index (χ2v) is 7.08. The first-order valence-corrected chi connectivity index (χ1v) is 9.66. The number of ether oxygens (including phenoxy) is 1. The maximum absolute atomic E-state index is 12.1. The molecule has 3 aromatic rings. The van der Waals surface area contributed by atoms with Crippen LogP contribution in [-0.2, 0) is 9.59 Å². The minimum absolute atomic E-state index is 0.0691. The van der Waals surface area contributed by atoms with Crippen LogP contribution in [0.1, 0.15) is 24.2 Å². The van der Waals surface area contributed by atoms with Crippen molar-refractivity contribution in [1.82, 2.24) is 4.98 Å². The van der Waals surface area contributed by atoms with E-state index in [4.69, 9.17) is 4.74 Å². The van der Waals surface area contributed by atoms with Gasteiger partial charge >= 0.3 is 0 Å². The molecule has 2 amide bonds. The lowest BCUT2D eigenvalue weighted by Crippen LogP contribution is -2.20. The lowest BCUT2D eigenvalue weighted by molar-refractivity contribution is -0.118. The predicted octanol–water partition coefficient (Wildman–Crippen LogP) is 3.99. The molecule has 148 valence electrons. The van der Waals surface area contributed by atoms with Crippen molar-refractivity contribution in [3.8, 4) is 17.0 Å². The van der Waals surface area contributed by atoms with E-state index in [0.717, 1.165) is 11.3 Å². The molecular weight excluding hydrogens is 390 g/mol. The molecule has 1 aromatic heterocycles. The quantitative estimate of drug-likeness (QED) is 0.575. The van der Waals surface area contributed by atoms with E-state index in [-0.39, 0.29) is 24.2 Å². The third-order valence-electron chi connectivity index (χ3n) is 3.86. The topological polar surface area (TPSA) is 97.4 Å². The van der Waals surface area contributed by atoms with Crippen LogP contribution < -0.4 is 15.4 Å². The standard InChI is InChI=1S/C21H19N3O4S/c1-13(25)16-4-3-5-18(10-16)28-11-20(27)24-21-23-19(12-29-21)15-6-8-17(9-7-15)22-14(2)26/h3-10,12H,11H2,1-2H3,(H,22,26)(H,23,24,27). The van der Waals surface area contributed by atoms with Gasteiger partial charge in [-0.3, -0.25) is 19.7 Å². The van der Waals surface area contributed by atoms with Gasteiger partial charge in [-0.25, -0.2) is 4.98 Å². The summed E-state index contributed by atoms with van der Waals surface area (Å²) in [5, 5.41) is 7.69. The van der Waals surface area contributed by atoms with Gasteiger partial charge in [0.15, 0.2) is 17.5 Å². The molecule has 2 aromatic carbocycles. The molecule has 0 fully saturated rings. The number of benzene rings is 2. The van der Waals surface area contributed by atoms with Crippen molar-refractivity contribution in [2.24, 2.45) is 0 Å². The number of amides is 2. The fraction of sp³-hybridized carbons (Fsp3) is 0.143. The number of hydrogen-bond acceptors (Lipinski definition) is 6. The molecule has 0 bridgehead atoms. The van der Waals surface area contributed by atoms with Crippen LogP contribution >= 0.6 is 11.3 Å². The predicted molar refractivity (Wildman–Crippen MR) is 112 cm³/mol. The van der Waals surface area contributed by atoms with Gasteiger partial charge in [0.1, 0.15) is 5.75 Å². The summed E-state index contributed by atoms with van der Waals surface area (Å²) in [6.45, 7) is 2.73. The number of thiazole rings is 1. The molecule has 0 aliphatic rings. The summed E-state index contributed by atoms with van der Waals surface area (Å²) < 4.78 is 5.45. The first-order valence-electron chi connectivity index (χ1n) is 8.78. The van der Waals surface area contributed by atoms with Crippen molar-refractivity contribution in [2.75, 3.05) is 17.2 Å². The van der Waals surface area contributed by atoms with Gasteiger partial charge in [-0.05, 0) is 31.2 Å². The van der Waals surface area contributed by atoms with Crippen molar-refractivity contribution >= 4 is 39.8 Å². The lowest BCUT2D eigenvalue weighted by Gasteiger charge is -2.06. The monoisotopic (exact) mass is 409 g/mol. The molecule has 0 saturated carbocycles. The van der Waals surface area contributed by atoms with E-state index in [9.17, 15) is 14.4 Å². The van der Waals surface area contributed by atoms with Gasteiger partial charge in [0.05, 0.1) is 5.69 Å². The molecule has 8 heteroatoms. The minimum atomic E-state index is -0.347. The van der Waals surface area contributed by atoms with Crippen LogP contribution in [0.5, 0.6) is 5.75 Å². The van der Waals surface area contributed by atoms with E-state index < -0.39 is 0 Å². The second-order valence-electron chi connectivity index (χ2n) is 6.22. The Morgan fingerprint density at radius 1 is 1.03 bits per heavy atom. The van der Waals surface area contributed by atoms with Crippen LogP contribution in [-0.4, -0.2) is 29.2 Å². The third kappa shape index (κ3) is 5.73. The van der Waals surface area contributed by atoms with Gasteiger partial charge in [-0.2, -0.15) is 0 Å². The first kappa shape index (κ1) is 20.2. The zero-order valence-electron chi connectivity index (χ0n) is 15.9.